The molecule has 0 bridgehead atoms. The van der Waals surface area contributed by atoms with Crippen molar-refractivity contribution in [2.75, 3.05) is 0 Å². The van der Waals surface area contributed by atoms with Gasteiger partial charge in [0.1, 0.15) is 0 Å². The smallest absolute Gasteiger partial charge is 0.160 e. The minimum Gasteiger partial charge on any atom is -0.309 e. The molecular formula is C58H38N4. The van der Waals surface area contributed by atoms with Crippen molar-refractivity contribution >= 4 is 43.6 Å². The summed E-state index contributed by atoms with van der Waals surface area (Å²) in [5, 5.41) is 4.97. The summed E-state index contributed by atoms with van der Waals surface area (Å²) < 4.78 is 4.81. The maximum Gasteiger partial charge on any atom is 0.160 e. The molecule has 0 saturated carbocycles. The van der Waals surface area contributed by atoms with Crippen LogP contribution in [-0.4, -0.2) is 19.1 Å². The van der Waals surface area contributed by atoms with Crippen molar-refractivity contribution in [2.45, 2.75) is 0 Å². The number of fused-ring (bicyclic) bond motifs is 6. The molecule has 0 aliphatic heterocycles. The molecule has 4 heteroatoms. The molecule has 3 heterocycles. The van der Waals surface area contributed by atoms with Crippen LogP contribution in [0.1, 0.15) is 0 Å². The molecule has 0 amide bonds. The average molecular weight is 791 g/mol. The van der Waals surface area contributed by atoms with Crippen LogP contribution >= 0.6 is 0 Å². The topological polar surface area (TPSA) is 35.6 Å². The lowest BCUT2D eigenvalue weighted by Crippen LogP contribution is -1.98. The Balaban J connectivity index is 0.953. The van der Waals surface area contributed by atoms with Gasteiger partial charge >= 0.3 is 0 Å². The maximum atomic E-state index is 5.11. The number of hydrogen-bond donors (Lipinski definition) is 0. The molecule has 12 rings (SSSR count). The predicted octanol–water partition coefficient (Wildman–Crippen LogP) is 15.0. The molecule has 9 aromatic carbocycles. The minimum atomic E-state index is 0.698. The molecule has 0 N–H and O–H groups in total. The first-order chi connectivity index (χ1) is 30.7. The molecular weight excluding hydrogens is 753 g/mol. The maximum absolute atomic E-state index is 5.11. The Morgan fingerprint density at radius 3 is 1.16 bits per heavy atom. The van der Waals surface area contributed by atoms with E-state index < -0.39 is 0 Å². The Morgan fingerprint density at radius 2 is 0.629 bits per heavy atom. The molecule has 4 nitrogen and oxygen atoms in total. The number of benzene rings is 9. The van der Waals surface area contributed by atoms with Crippen LogP contribution < -0.4 is 0 Å². The molecule has 0 atom stereocenters. The van der Waals surface area contributed by atoms with E-state index in [0.29, 0.717) is 5.82 Å². The Bertz CT molecular complexity index is 3520. The minimum absolute atomic E-state index is 0.698. The quantitative estimate of drug-likeness (QED) is 0.161. The fourth-order valence-electron chi connectivity index (χ4n) is 9.21. The molecule has 0 aliphatic rings. The van der Waals surface area contributed by atoms with Gasteiger partial charge in [0, 0.05) is 49.6 Å². The first kappa shape index (κ1) is 35.6. The van der Waals surface area contributed by atoms with Gasteiger partial charge in [0.05, 0.1) is 33.5 Å². The van der Waals surface area contributed by atoms with Crippen molar-refractivity contribution < 1.29 is 0 Å². The van der Waals surface area contributed by atoms with E-state index in [4.69, 9.17) is 9.97 Å². The van der Waals surface area contributed by atoms with Crippen LogP contribution in [0.15, 0.2) is 231 Å². The number of nitrogens with zero attached hydrogens (tertiary/aromatic N) is 4. The van der Waals surface area contributed by atoms with Gasteiger partial charge in [-0.1, -0.05) is 170 Å². The summed E-state index contributed by atoms with van der Waals surface area (Å²) in [6.07, 6.45) is 0. The molecule has 0 aliphatic carbocycles. The molecule has 0 radical (unpaired) electrons. The lowest BCUT2D eigenvalue weighted by Gasteiger charge is -2.13. The third kappa shape index (κ3) is 6.08. The third-order valence-corrected chi connectivity index (χ3v) is 12.1. The number of rotatable bonds is 7. The normalized spacial score (nSPS) is 11.5. The van der Waals surface area contributed by atoms with Crippen LogP contribution in [0, 0.1) is 0 Å². The van der Waals surface area contributed by atoms with Gasteiger partial charge in [-0.15, -0.1) is 0 Å². The molecule has 0 fully saturated rings. The largest absolute Gasteiger partial charge is 0.309 e. The van der Waals surface area contributed by atoms with Crippen molar-refractivity contribution in [3.8, 4) is 67.5 Å². The van der Waals surface area contributed by atoms with Crippen molar-refractivity contribution in [2.24, 2.45) is 0 Å². The van der Waals surface area contributed by atoms with Gasteiger partial charge in [0.25, 0.3) is 0 Å². The van der Waals surface area contributed by atoms with Crippen molar-refractivity contribution in [3.63, 3.8) is 0 Å². The number of para-hydroxylation sites is 3. The Morgan fingerprint density at radius 1 is 0.242 bits per heavy atom. The van der Waals surface area contributed by atoms with E-state index in [2.05, 4.69) is 228 Å². The summed E-state index contributed by atoms with van der Waals surface area (Å²) in [6, 6.07) is 82.2. The van der Waals surface area contributed by atoms with Crippen molar-refractivity contribution in [1.82, 2.24) is 19.1 Å². The van der Waals surface area contributed by atoms with Gasteiger partial charge in [-0.05, 0) is 82.9 Å². The zero-order chi connectivity index (χ0) is 41.0. The van der Waals surface area contributed by atoms with Crippen LogP contribution in [0.5, 0.6) is 0 Å². The standard InChI is InChI=1S/C58H38N4/c1-3-16-39(17-4-1)52-38-53(40-18-5-2-6-19-40)60-58(59-52)45-23-14-22-43(35-45)41-20-13-21-42(34-41)44-32-33-51-50-28-9-12-31-56(50)62(57(51)36-44)47-25-15-24-46(37-47)61-54-29-10-7-26-48(54)49-27-8-11-30-55(49)61/h1-38H. The second-order valence-electron chi connectivity index (χ2n) is 15.8. The van der Waals surface area contributed by atoms with Gasteiger partial charge in [-0.3, -0.25) is 0 Å². The van der Waals surface area contributed by atoms with Crippen molar-refractivity contribution in [3.05, 3.63) is 231 Å². The van der Waals surface area contributed by atoms with E-state index in [-0.39, 0.29) is 0 Å². The summed E-state index contributed by atoms with van der Waals surface area (Å²) in [5.41, 5.74) is 16.4. The molecule has 3 aromatic heterocycles. The zero-order valence-electron chi connectivity index (χ0n) is 33.7. The fraction of sp³-hybridized carbons (Fsp3) is 0. The number of aromatic nitrogens is 4. The van der Waals surface area contributed by atoms with Gasteiger partial charge in [-0.25, -0.2) is 9.97 Å². The second kappa shape index (κ2) is 14.7. The van der Waals surface area contributed by atoms with E-state index in [1.165, 1.54) is 43.6 Å². The number of hydrogen-bond acceptors (Lipinski definition) is 2. The molecule has 0 saturated heterocycles. The first-order valence-electron chi connectivity index (χ1n) is 21.1. The van der Waals surface area contributed by atoms with E-state index in [9.17, 15) is 0 Å². The van der Waals surface area contributed by atoms with E-state index in [1.807, 2.05) is 12.1 Å². The molecule has 0 spiro atoms. The SMILES string of the molecule is c1ccc(-c2cc(-c3ccccc3)nc(-c3cccc(-c4cccc(-c5ccc6c7ccccc7n(-c7cccc(-n8c9ccccc9c9ccccc98)c7)c6c5)c4)c3)n2)cc1. The van der Waals surface area contributed by atoms with Gasteiger partial charge in [-0.2, -0.15) is 0 Å². The Kier molecular flexibility index (Phi) is 8.46. The van der Waals surface area contributed by atoms with Crippen molar-refractivity contribution in [1.29, 1.82) is 0 Å². The van der Waals surface area contributed by atoms with Gasteiger partial charge < -0.3 is 9.13 Å². The van der Waals surface area contributed by atoms with E-state index in [0.717, 1.165) is 61.7 Å². The van der Waals surface area contributed by atoms with Crippen LogP contribution in [-0.2, 0) is 0 Å². The summed E-state index contributed by atoms with van der Waals surface area (Å²) in [5.74, 6) is 0.698. The second-order valence-corrected chi connectivity index (χ2v) is 15.8. The van der Waals surface area contributed by atoms with Crippen LogP contribution in [0.25, 0.3) is 111 Å². The molecule has 12 aromatic rings. The summed E-state index contributed by atoms with van der Waals surface area (Å²) in [4.78, 5) is 10.2. The molecule has 290 valence electrons. The molecule has 62 heavy (non-hydrogen) atoms. The monoisotopic (exact) mass is 790 g/mol. The summed E-state index contributed by atoms with van der Waals surface area (Å²) in [6.45, 7) is 0. The van der Waals surface area contributed by atoms with Crippen LogP contribution in [0.4, 0.5) is 0 Å². The summed E-state index contributed by atoms with van der Waals surface area (Å²) in [7, 11) is 0. The van der Waals surface area contributed by atoms with Gasteiger partial charge in [0.2, 0.25) is 0 Å². The highest BCUT2D eigenvalue weighted by molar-refractivity contribution is 6.11. The Hall–Kier alpha value is -8.34. The van der Waals surface area contributed by atoms with Crippen LogP contribution in [0.3, 0.4) is 0 Å². The summed E-state index contributed by atoms with van der Waals surface area (Å²) >= 11 is 0. The Labute approximate surface area is 359 Å². The lowest BCUT2D eigenvalue weighted by molar-refractivity contribution is 1.13. The third-order valence-electron chi connectivity index (χ3n) is 12.1. The predicted molar refractivity (Wildman–Crippen MR) is 258 cm³/mol. The van der Waals surface area contributed by atoms with Crippen LogP contribution in [0.2, 0.25) is 0 Å². The highest BCUT2D eigenvalue weighted by Crippen LogP contribution is 2.38. The highest BCUT2D eigenvalue weighted by Gasteiger charge is 2.17. The van der Waals surface area contributed by atoms with Gasteiger partial charge in [0.15, 0.2) is 5.82 Å². The zero-order valence-corrected chi connectivity index (χ0v) is 33.7. The molecule has 0 unspecified atom stereocenters. The highest BCUT2D eigenvalue weighted by atomic mass is 15.0. The first-order valence-corrected chi connectivity index (χ1v) is 21.1. The lowest BCUT2D eigenvalue weighted by atomic mass is 9.97. The van der Waals surface area contributed by atoms with E-state index >= 15 is 0 Å². The van der Waals surface area contributed by atoms with E-state index in [1.54, 1.807) is 0 Å². The average Bonchev–Trinajstić information content (AvgIpc) is 3.87. The fourth-order valence-corrected chi connectivity index (χ4v) is 9.21.